The number of benzene rings is 2. The molecular weight excluding hydrogens is 264 g/mol. The molecule has 0 aliphatic rings. The van der Waals surface area contributed by atoms with Crippen molar-refractivity contribution in [3.05, 3.63) is 47.0 Å². The molecule has 2 aromatic carbocycles. The molecule has 0 spiro atoms. The molecule has 0 atom stereocenters. The fourth-order valence-electron chi connectivity index (χ4n) is 1.68. The predicted molar refractivity (Wildman–Crippen MR) is 75.4 cm³/mol. The molecule has 4 heteroatoms. The number of rotatable bonds is 3. The van der Waals surface area contributed by atoms with Gasteiger partial charge in [0.05, 0.1) is 0 Å². The standard InChI is InChI=1S/C15H15ClO3/c1-9(2)10-3-5-14(12(17)7-10)19-15-6-4-11(16)8-13(15)18/h3-9,17-18H,1-2H3. The highest BCUT2D eigenvalue weighted by Gasteiger charge is 2.10. The Hall–Kier alpha value is -1.87. The molecule has 0 saturated heterocycles. The lowest BCUT2D eigenvalue weighted by atomic mass is 10.0. The number of ether oxygens (including phenoxy) is 1. The van der Waals surface area contributed by atoms with E-state index in [1.807, 2.05) is 19.9 Å². The monoisotopic (exact) mass is 278 g/mol. The van der Waals surface area contributed by atoms with Crippen molar-refractivity contribution in [2.75, 3.05) is 0 Å². The fourth-order valence-corrected chi connectivity index (χ4v) is 1.84. The first-order chi connectivity index (χ1) is 8.97. The second-order valence-corrected chi connectivity index (χ2v) is 5.03. The first-order valence-electron chi connectivity index (χ1n) is 5.96. The lowest BCUT2D eigenvalue weighted by Gasteiger charge is -2.11. The van der Waals surface area contributed by atoms with Crippen molar-refractivity contribution >= 4 is 11.6 Å². The number of halogens is 1. The summed E-state index contributed by atoms with van der Waals surface area (Å²) in [4.78, 5) is 0. The van der Waals surface area contributed by atoms with Crippen molar-refractivity contribution in [2.45, 2.75) is 19.8 Å². The van der Waals surface area contributed by atoms with Crippen LogP contribution >= 0.6 is 11.6 Å². The van der Waals surface area contributed by atoms with Gasteiger partial charge >= 0.3 is 0 Å². The Morgan fingerprint density at radius 3 is 2.05 bits per heavy atom. The summed E-state index contributed by atoms with van der Waals surface area (Å²) in [7, 11) is 0. The second-order valence-electron chi connectivity index (χ2n) is 4.60. The molecule has 0 unspecified atom stereocenters. The Kier molecular flexibility index (Phi) is 3.86. The van der Waals surface area contributed by atoms with E-state index in [2.05, 4.69) is 0 Å². The van der Waals surface area contributed by atoms with E-state index in [4.69, 9.17) is 16.3 Å². The molecule has 3 nitrogen and oxygen atoms in total. The van der Waals surface area contributed by atoms with E-state index in [1.165, 1.54) is 6.07 Å². The highest BCUT2D eigenvalue weighted by atomic mass is 35.5. The van der Waals surface area contributed by atoms with Crippen LogP contribution in [0.3, 0.4) is 0 Å². The SMILES string of the molecule is CC(C)c1ccc(Oc2ccc(Cl)cc2O)c(O)c1. The van der Waals surface area contributed by atoms with Gasteiger partial charge in [0.1, 0.15) is 0 Å². The summed E-state index contributed by atoms with van der Waals surface area (Å²) in [6.07, 6.45) is 0. The lowest BCUT2D eigenvalue weighted by molar-refractivity contribution is 0.385. The summed E-state index contributed by atoms with van der Waals surface area (Å²) in [5, 5.41) is 20.0. The van der Waals surface area contributed by atoms with Crippen LogP contribution in [0.4, 0.5) is 0 Å². The van der Waals surface area contributed by atoms with Crippen molar-refractivity contribution in [1.82, 2.24) is 0 Å². The molecule has 0 aliphatic carbocycles. The summed E-state index contributed by atoms with van der Waals surface area (Å²) in [5.41, 5.74) is 1.02. The van der Waals surface area contributed by atoms with Crippen LogP contribution in [-0.2, 0) is 0 Å². The quantitative estimate of drug-likeness (QED) is 0.858. The van der Waals surface area contributed by atoms with Crippen molar-refractivity contribution < 1.29 is 14.9 Å². The van der Waals surface area contributed by atoms with Crippen molar-refractivity contribution in [2.24, 2.45) is 0 Å². The maximum absolute atomic E-state index is 9.91. The number of hydrogen-bond acceptors (Lipinski definition) is 3. The summed E-state index contributed by atoms with van der Waals surface area (Å²) >= 11 is 5.74. The van der Waals surface area contributed by atoms with Crippen molar-refractivity contribution in [3.8, 4) is 23.0 Å². The van der Waals surface area contributed by atoms with E-state index in [-0.39, 0.29) is 17.2 Å². The predicted octanol–water partition coefficient (Wildman–Crippen LogP) is 4.67. The molecule has 0 heterocycles. The van der Waals surface area contributed by atoms with Gasteiger partial charge in [-0.1, -0.05) is 31.5 Å². The van der Waals surface area contributed by atoms with Crippen molar-refractivity contribution in [1.29, 1.82) is 0 Å². The van der Waals surface area contributed by atoms with Crippen molar-refractivity contribution in [3.63, 3.8) is 0 Å². The molecule has 0 aromatic heterocycles. The zero-order valence-electron chi connectivity index (χ0n) is 10.7. The minimum Gasteiger partial charge on any atom is -0.504 e. The van der Waals surface area contributed by atoms with E-state index in [1.54, 1.807) is 24.3 Å². The minimum atomic E-state index is -0.0696. The molecule has 0 saturated carbocycles. The third-order valence-corrected chi connectivity index (χ3v) is 3.03. The van der Waals surface area contributed by atoms with Crippen LogP contribution in [0, 0.1) is 0 Å². The van der Waals surface area contributed by atoms with Crippen LogP contribution in [0.15, 0.2) is 36.4 Å². The average Bonchev–Trinajstić information content (AvgIpc) is 2.34. The number of phenols is 2. The lowest BCUT2D eigenvalue weighted by Crippen LogP contribution is -1.90. The van der Waals surface area contributed by atoms with E-state index in [0.717, 1.165) is 5.56 Å². The third-order valence-electron chi connectivity index (χ3n) is 2.79. The molecule has 0 fully saturated rings. The highest BCUT2D eigenvalue weighted by molar-refractivity contribution is 6.30. The Morgan fingerprint density at radius 1 is 0.947 bits per heavy atom. The molecule has 0 amide bonds. The molecule has 0 bridgehead atoms. The molecule has 100 valence electrons. The molecule has 2 rings (SSSR count). The summed E-state index contributed by atoms with van der Waals surface area (Å²) in [6.45, 7) is 4.08. The van der Waals surface area contributed by atoms with Crippen LogP contribution in [0.2, 0.25) is 5.02 Å². The van der Waals surface area contributed by atoms with Gasteiger partial charge in [-0.25, -0.2) is 0 Å². The number of aromatic hydroxyl groups is 2. The maximum atomic E-state index is 9.91. The largest absolute Gasteiger partial charge is 0.504 e. The molecule has 0 radical (unpaired) electrons. The van der Waals surface area contributed by atoms with E-state index < -0.39 is 0 Å². The van der Waals surface area contributed by atoms with E-state index in [0.29, 0.717) is 16.7 Å². The van der Waals surface area contributed by atoms with Gasteiger partial charge in [-0.3, -0.25) is 0 Å². The van der Waals surface area contributed by atoms with Gasteiger partial charge < -0.3 is 14.9 Å². The van der Waals surface area contributed by atoms with Gasteiger partial charge in [0, 0.05) is 11.1 Å². The Bertz CT molecular complexity index is 594. The summed E-state index contributed by atoms with van der Waals surface area (Å²) in [5.74, 6) is 0.836. The number of phenolic OH excluding ortho intramolecular Hbond substituents is 2. The van der Waals surface area contributed by atoms with Gasteiger partial charge in [-0.2, -0.15) is 0 Å². The molecule has 19 heavy (non-hydrogen) atoms. The molecule has 2 aromatic rings. The zero-order valence-corrected chi connectivity index (χ0v) is 11.5. The first-order valence-corrected chi connectivity index (χ1v) is 6.34. The highest BCUT2D eigenvalue weighted by Crippen LogP contribution is 2.37. The molecule has 0 aliphatic heterocycles. The van der Waals surface area contributed by atoms with Gasteiger partial charge in [0.2, 0.25) is 0 Å². The van der Waals surface area contributed by atoms with Gasteiger partial charge in [0.15, 0.2) is 23.0 Å². The van der Waals surface area contributed by atoms with Crippen LogP contribution in [0.1, 0.15) is 25.3 Å². The normalized spacial score (nSPS) is 10.7. The molecule has 2 N–H and O–H groups in total. The minimum absolute atomic E-state index is 0.0422. The topological polar surface area (TPSA) is 49.7 Å². The van der Waals surface area contributed by atoms with Gasteiger partial charge in [0.25, 0.3) is 0 Å². The van der Waals surface area contributed by atoms with Crippen LogP contribution in [-0.4, -0.2) is 10.2 Å². The first kappa shape index (κ1) is 13.6. The Balaban J connectivity index is 2.28. The fraction of sp³-hybridized carbons (Fsp3) is 0.200. The van der Waals surface area contributed by atoms with Gasteiger partial charge in [-0.15, -0.1) is 0 Å². The Labute approximate surface area is 117 Å². The summed E-state index contributed by atoms with van der Waals surface area (Å²) in [6, 6.07) is 9.76. The van der Waals surface area contributed by atoms with Gasteiger partial charge in [-0.05, 0) is 35.7 Å². The van der Waals surface area contributed by atoms with E-state index in [9.17, 15) is 10.2 Å². The van der Waals surface area contributed by atoms with Crippen LogP contribution in [0.25, 0.3) is 0 Å². The Morgan fingerprint density at radius 2 is 1.53 bits per heavy atom. The van der Waals surface area contributed by atoms with Crippen LogP contribution in [0.5, 0.6) is 23.0 Å². The smallest absolute Gasteiger partial charge is 0.169 e. The van der Waals surface area contributed by atoms with E-state index >= 15 is 0 Å². The maximum Gasteiger partial charge on any atom is 0.169 e. The summed E-state index contributed by atoms with van der Waals surface area (Å²) < 4.78 is 5.47. The molecular formula is C15H15ClO3. The second kappa shape index (κ2) is 5.41. The number of hydrogen-bond donors (Lipinski definition) is 2. The van der Waals surface area contributed by atoms with Crippen LogP contribution < -0.4 is 4.74 Å². The zero-order chi connectivity index (χ0) is 14.0. The third kappa shape index (κ3) is 3.12. The average molecular weight is 279 g/mol.